The van der Waals surface area contributed by atoms with Crippen molar-refractivity contribution in [3.8, 4) is 0 Å². The molecule has 0 bridgehead atoms. The number of nitrogens with zero attached hydrogens (tertiary/aromatic N) is 3. The predicted octanol–water partition coefficient (Wildman–Crippen LogP) is 3.88. The molecule has 2 N–H and O–H groups in total. The van der Waals surface area contributed by atoms with E-state index in [1.807, 2.05) is 4.90 Å². The zero-order valence-corrected chi connectivity index (χ0v) is 21.1. The average molecular weight is 488 g/mol. The predicted molar refractivity (Wildman–Crippen MR) is 133 cm³/mol. The number of piperazine rings is 1. The highest BCUT2D eigenvalue weighted by atomic mass is 35.5. The van der Waals surface area contributed by atoms with Crippen molar-refractivity contribution in [2.45, 2.75) is 64.0 Å². The van der Waals surface area contributed by atoms with Gasteiger partial charge in [-0.25, -0.2) is 9.38 Å². The highest BCUT2D eigenvalue weighted by Crippen LogP contribution is 2.36. The first-order chi connectivity index (χ1) is 16.2. The molecule has 0 unspecified atom stereocenters. The van der Waals surface area contributed by atoms with Gasteiger partial charge in [0.05, 0.1) is 10.9 Å². The lowest BCUT2D eigenvalue weighted by Gasteiger charge is -2.40. The molecule has 0 radical (unpaired) electrons. The SMILES string of the molecule is C[C@@H]1CCC2=C1C(N1CCN(C(=O)[C@@H](c3ccc(Cl)c(F)c3)[C@@H]3CCC(C)(C)N3)CC1)=NCN2. The second-order valence-corrected chi connectivity index (χ2v) is 11.2. The number of nitrogens with one attached hydrogen (secondary N) is 2. The fourth-order valence-electron chi connectivity index (χ4n) is 6.04. The second kappa shape index (κ2) is 9.15. The summed E-state index contributed by atoms with van der Waals surface area (Å²) in [6, 6.07) is 4.78. The fraction of sp³-hybridized carbons (Fsp3) is 0.615. The van der Waals surface area contributed by atoms with Crippen molar-refractivity contribution in [3.05, 3.63) is 45.9 Å². The molecule has 0 saturated carbocycles. The molecule has 3 atom stereocenters. The van der Waals surface area contributed by atoms with Crippen molar-refractivity contribution >= 4 is 23.3 Å². The lowest BCUT2D eigenvalue weighted by molar-refractivity contribution is -0.134. The number of carbonyl (C=O) groups excluding carboxylic acids is 1. The highest BCUT2D eigenvalue weighted by Gasteiger charge is 2.41. The fourth-order valence-corrected chi connectivity index (χ4v) is 6.16. The number of allylic oxidation sites excluding steroid dienone is 1. The third-order valence-electron chi connectivity index (χ3n) is 7.93. The van der Waals surface area contributed by atoms with Crippen LogP contribution in [0.4, 0.5) is 4.39 Å². The summed E-state index contributed by atoms with van der Waals surface area (Å²) in [5.74, 6) is 0.791. The van der Waals surface area contributed by atoms with Gasteiger partial charge in [0.15, 0.2) is 0 Å². The van der Waals surface area contributed by atoms with Gasteiger partial charge in [0.25, 0.3) is 0 Å². The third-order valence-corrected chi connectivity index (χ3v) is 8.23. The van der Waals surface area contributed by atoms with Crippen molar-refractivity contribution in [3.63, 3.8) is 0 Å². The van der Waals surface area contributed by atoms with Gasteiger partial charge >= 0.3 is 0 Å². The van der Waals surface area contributed by atoms with Crippen molar-refractivity contribution < 1.29 is 9.18 Å². The maximum absolute atomic E-state index is 14.4. The smallest absolute Gasteiger partial charge is 0.231 e. The Morgan fingerprint density at radius 2 is 2.00 bits per heavy atom. The Labute approximate surface area is 206 Å². The molecule has 8 heteroatoms. The minimum absolute atomic E-state index is 0.0260. The quantitative estimate of drug-likeness (QED) is 0.679. The summed E-state index contributed by atoms with van der Waals surface area (Å²) in [6.07, 6.45) is 4.12. The first kappa shape index (κ1) is 23.6. The summed E-state index contributed by atoms with van der Waals surface area (Å²) in [5.41, 5.74) is 3.36. The van der Waals surface area contributed by atoms with E-state index in [1.165, 1.54) is 23.8 Å². The molecule has 1 amide bonds. The zero-order valence-electron chi connectivity index (χ0n) is 20.3. The Morgan fingerprint density at radius 1 is 1.24 bits per heavy atom. The van der Waals surface area contributed by atoms with Crippen LogP contribution in [0.25, 0.3) is 0 Å². The summed E-state index contributed by atoms with van der Waals surface area (Å²) in [5, 5.41) is 7.15. The Hall–Kier alpha value is -2.12. The van der Waals surface area contributed by atoms with Crippen LogP contribution in [-0.2, 0) is 4.79 Å². The first-order valence-corrected chi connectivity index (χ1v) is 12.9. The van der Waals surface area contributed by atoms with Crippen LogP contribution >= 0.6 is 11.6 Å². The van der Waals surface area contributed by atoms with Crippen LogP contribution in [0.2, 0.25) is 5.02 Å². The van der Waals surface area contributed by atoms with Crippen LogP contribution in [0.1, 0.15) is 57.9 Å². The van der Waals surface area contributed by atoms with Crippen molar-refractivity contribution in [1.29, 1.82) is 0 Å². The van der Waals surface area contributed by atoms with E-state index in [0.717, 1.165) is 38.2 Å². The zero-order chi connectivity index (χ0) is 24.0. The molecule has 0 aromatic heterocycles. The first-order valence-electron chi connectivity index (χ1n) is 12.5. The second-order valence-electron chi connectivity index (χ2n) is 10.8. The number of aliphatic imine (C=N–C) groups is 1. The van der Waals surface area contributed by atoms with Crippen LogP contribution in [0.5, 0.6) is 0 Å². The number of hydrogen-bond donors (Lipinski definition) is 2. The Balaban J connectivity index is 1.33. The molecule has 1 aromatic rings. The number of amidine groups is 1. The van der Waals surface area contributed by atoms with E-state index in [-0.39, 0.29) is 22.5 Å². The normalized spacial score (nSPS) is 27.4. The summed E-state index contributed by atoms with van der Waals surface area (Å²) in [4.78, 5) is 23.0. The number of benzene rings is 1. The lowest BCUT2D eigenvalue weighted by atomic mass is 9.88. The van der Waals surface area contributed by atoms with E-state index in [9.17, 15) is 9.18 Å². The molecular weight excluding hydrogens is 453 g/mol. The lowest BCUT2D eigenvalue weighted by Crippen LogP contribution is -2.54. The van der Waals surface area contributed by atoms with Gasteiger partial charge in [-0.1, -0.05) is 24.6 Å². The van der Waals surface area contributed by atoms with Gasteiger partial charge in [-0.05, 0) is 63.1 Å². The molecule has 3 heterocycles. The van der Waals surface area contributed by atoms with E-state index in [1.54, 1.807) is 12.1 Å². The van der Waals surface area contributed by atoms with Crippen LogP contribution in [0.15, 0.2) is 34.5 Å². The van der Waals surface area contributed by atoms with Gasteiger partial charge in [0, 0.05) is 49.0 Å². The van der Waals surface area contributed by atoms with Gasteiger partial charge < -0.3 is 20.4 Å². The summed E-state index contributed by atoms with van der Waals surface area (Å²) in [6.45, 7) is 10.0. The minimum Gasteiger partial charge on any atom is -0.369 e. The monoisotopic (exact) mass is 487 g/mol. The van der Waals surface area contributed by atoms with E-state index in [4.69, 9.17) is 16.6 Å². The number of amides is 1. The molecule has 34 heavy (non-hydrogen) atoms. The maximum Gasteiger partial charge on any atom is 0.231 e. The number of hydrogen-bond acceptors (Lipinski definition) is 5. The van der Waals surface area contributed by atoms with Gasteiger partial charge in [-0.2, -0.15) is 0 Å². The van der Waals surface area contributed by atoms with Gasteiger partial charge in [-0.15, -0.1) is 0 Å². The summed E-state index contributed by atoms with van der Waals surface area (Å²) in [7, 11) is 0. The van der Waals surface area contributed by atoms with Gasteiger partial charge in [0.1, 0.15) is 18.3 Å². The summed E-state index contributed by atoms with van der Waals surface area (Å²) < 4.78 is 14.4. The molecule has 3 aliphatic heterocycles. The van der Waals surface area contributed by atoms with Crippen LogP contribution in [-0.4, -0.2) is 66.0 Å². The van der Waals surface area contributed by atoms with Gasteiger partial charge in [0.2, 0.25) is 5.91 Å². The molecule has 2 fully saturated rings. The molecule has 1 aliphatic carbocycles. The Morgan fingerprint density at radius 3 is 2.68 bits per heavy atom. The van der Waals surface area contributed by atoms with E-state index < -0.39 is 11.7 Å². The van der Waals surface area contributed by atoms with Gasteiger partial charge in [-0.3, -0.25) is 4.79 Å². The average Bonchev–Trinajstić information content (AvgIpc) is 3.38. The number of carbonyl (C=O) groups is 1. The van der Waals surface area contributed by atoms with Crippen molar-refractivity contribution in [2.24, 2.45) is 10.9 Å². The standard InChI is InChI=1S/C26H35ClFN5O/c1-16-4-7-20-22(16)24(30-15-29-20)32-10-12-33(13-11-32)25(34)23(21-8-9-26(2,3)31-21)17-5-6-18(27)19(28)14-17/h5-6,14,16,21,23,29,31H,4,7-13,15H2,1-3H3/t16-,21+,23+/m1/s1. The van der Waals surface area contributed by atoms with E-state index >= 15 is 0 Å². The number of halogens is 2. The van der Waals surface area contributed by atoms with E-state index in [2.05, 4.69) is 36.3 Å². The molecule has 5 rings (SSSR count). The molecule has 1 aromatic carbocycles. The van der Waals surface area contributed by atoms with Crippen LogP contribution in [0.3, 0.4) is 0 Å². The molecule has 184 valence electrons. The maximum atomic E-state index is 14.4. The number of rotatable bonds is 3. The Bertz CT molecular complexity index is 1030. The van der Waals surface area contributed by atoms with Crippen molar-refractivity contribution in [1.82, 2.24) is 20.4 Å². The summed E-state index contributed by atoms with van der Waals surface area (Å²) >= 11 is 5.95. The molecular formula is C26H35ClFN5O. The Kier molecular flexibility index (Phi) is 6.36. The van der Waals surface area contributed by atoms with Crippen LogP contribution < -0.4 is 10.6 Å². The molecule has 6 nitrogen and oxygen atoms in total. The minimum atomic E-state index is -0.474. The largest absolute Gasteiger partial charge is 0.369 e. The molecule has 2 saturated heterocycles. The topological polar surface area (TPSA) is 60.0 Å². The highest BCUT2D eigenvalue weighted by molar-refractivity contribution is 6.30. The van der Waals surface area contributed by atoms with Crippen LogP contribution in [0, 0.1) is 11.7 Å². The van der Waals surface area contributed by atoms with Crippen molar-refractivity contribution in [2.75, 3.05) is 32.8 Å². The molecule has 0 spiro atoms. The third kappa shape index (κ3) is 4.44. The van der Waals surface area contributed by atoms with E-state index in [0.29, 0.717) is 31.2 Å². The molecule has 4 aliphatic rings.